The van der Waals surface area contributed by atoms with Crippen molar-refractivity contribution in [2.75, 3.05) is 13.7 Å². The minimum absolute atomic E-state index is 0.0444. The second kappa shape index (κ2) is 9.22. The van der Waals surface area contributed by atoms with Crippen molar-refractivity contribution in [3.63, 3.8) is 0 Å². The van der Waals surface area contributed by atoms with Crippen LogP contribution < -0.4 is 10.2 Å². The number of ketones is 1. The van der Waals surface area contributed by atoms with Crippen LogP contribution in [0.5, 0.6) is 5.75 Å². The summed E-state index contributed by atoms with van der Waals surface area (Å²) in [4.78, 5) is 24.0. The standard InChI is InChI=1S/C19H20N2O4/c1-3-25-19(23)21-20-17(14-7-5-4-6-8-14)13-18(22)15-9-11-16(24-2)12-10-15/h4-12H,3,13H2,1-2H3,(H,21,23)/b20-17+. The van der Waals surface area contributed by atoms with E-state index < -0.39 is 6.09 Å². The number of hydrazone groups is 1. The van der Waals surface area contributed by atoms with Crippen molar-refractivity contribution in [1.82, 2.24) is 5.43 Å². The summed E-state index contributed by atoms with van der Waals surface area (Å²) in [5, 5.41) is 4.06. The largest absolute Gasteiger partial charge is 0.497 e. The third-order valence-corrected chi connectivity index (χ3v) is 3.40. The summed E-state index contributed by atoms with van der Waals surface area (Å²) in [6.45, 7) is 1.95. The van der Waals surface area contributed by atoms with Crippen molar-refractivity contribution < 1.29 is 19.1 Å². The lowest BCUT2D eigenvalue weighted by atomic mass is 10.0. The highest BCUT2D eigenvalue weighted by atomic mass is 16.5. The van der Waals surface area contributed by atoms with Gasteiger partial charge in [-0.15, -0.1) is 0 Å². The Hall–Kier alpha value is -3.15. The lowest BCUT2D eigenvalue weighted by molar-refractivity contribution is 0.1000. The Morgan fingerprint density at radius 3 is 2.28 bits per heavy atom. The Bertz CT molecular complexity index is 740. The summed E-state index contributed by atoms with van der Waals surface area (Å²) in [5.41, 5.74) is 4.06. The molecule has 2 aromatic carbocycles. The van der Waals surface area contributed by atoms with E-state index in [1.807, 2.05) is 30.3 Å². The van der Waals surface area contributed by atoms with E-state index in [2.05, 4.69) is 10.5 Å². The zero-order valence-electron chi connectivity index (χ0n) is 14.2. The number of carbonyl (C=O) groups excluding carboxylic acids is 2. The average molecular weight is 340 g/mol. The zero-order chi connectivity index (χ0) is 18.1. The predicted octanol–water partition coefficient (Wildman–Crippen LogP) is 3.42. The van der Waals surface area contributed by atoms with Gasteiger partial charge in [0.25, 0.3) is 0 Å². The Balaban J connectivity index is 2.18. The molecule has 130 valence electrons. The van der Waals surface area contributed by atoms with Gasteiger partial charge in [-0.05, 0) is 36.8 Å². The first-order valence-electron chi connectivity index (χ1n) is 7.86. The van der Waals surface area contributed by atoms with Gasteiger partial charge in [0.1, 0.15) is 5.75 Å². The zero-order valence-corrected chi connectivity index (χ0v) is 14.2. The van der Waals surface area contributed by atoms with E-state index in [0.717, 1.165) is 5.56 Å². The third kappa shape index (κ3) is 5.46. The molecule has 2 aromatic rings. The van der Waals surface area contributed by atoms with Crippen LogP contribution in [-0.2, 0) is 4.74 Å². The van der Waals surface area contributed by atoms with Crippen LogP contribution in [0.25, 0.3) is 0 Å². The number of hydrogen-bond donors (Lipinski definition) is 1. The fourth-order valence-electron chi connectivity index (χ4n) is 2.14. The number of nitrogens with zero attached hydrogens (tertiary/aromatic N) is 1. The van der Waals surface area contributed by atoms with E-state index in [4.69, 9.17) is 9.47 Å². The molecule has 0 heterocycles. The molecular weight excluding hydrogens is 320 g/mol. The van der Waals surface area contributed by atoms with Gasteiger partial charge in [-0.2, -0.15) is 5.10 Å². The van der Waals surface area contributed by atoms with Crippen molar-refractivity contribution >= 4 is 17.6 Å². The van der Waals surface area contributed by atoms with Crippen LogP contribution in [0.2, 0.25) is 0 Å². The van der Waals surface area contributed by atoms with Gasteiger partial charge in [-0.1, -0.05) is 30.3 Å². The number of methoxy groups -OCH3 is 1. The van der Waals surface area contributed by atoms with Crippen LogP contribution in [-0.4, -0.2) is 31.3 Å². The average Bonchev–Trinajstić information content (AvgIpc) is 2.66. The molecule has 0 aromatic heterocycles. The predicted molar refractivity (Wildman–Crippen MR) is 95.1 cm³/mol. The van der Waals surface area contributed by atoms with E-state index in [-0.39, 0.29) is 18.8 Å². The Kier molecular flexibility index (Phi) is 6.71. The van der Waals surface area contributed by atoms with Crippen molar-refractivity contribution in [2.24, 2.45) is 5.10 Å². The van der Waals surface area contributed by atoms with Gasteiger partial charge in [-0.3, -0.25) is 4.79 Å². The molecule has 6 heteroatoms. The van der Waals surface area contributed by atoms with E-state index in [0.29, 0.717) is 17.0 Å². The molecule has 0 unspecified atom stereocenters. The number of Topliss-reactive ketones (excluding diaryl/α,β-unsaturated/α-hetero) is 1. The van der Waals surface area contributed by atoms with Gasteiger partial charge in [-0.25, -0.2) is 10.2 Å². The number of hydrogen-bond acceptors (Lipinski definition) is 5. The monoisotopic (exact) mass is 340 g/mol. The van der Waals surface area contributed by atoms with E-state index in [1.165, 1.54) is 0 Å². The fraction of sp³-hybridized carbons (Fsp3) is 0.211. The van der Waals surface area contributed by atoms with Crippen molar-refractivity contribution in [2.45, 2.75) is 13.3 Å². The van der Waals surface area contributed by atoms with Gasteiger partial charge < -0.3 is 9.47 Å². The fourth-order valence-corrected chi connectivity index (χ4v) is 2.14. The van der Waals surface area contributed by atoms with Crippen LogP contribution in [0, 0.1) is 0 Å². The molecular formula is C19H20N2O4. The van der Waals surface area contributed by atoms with Crippen LogP contribution in [0.3, 0.4) is 0 Å². The molecule has 0 bridgehead atoms. The molecule has 0 atom stereocenters. The van der Waals surface area contributed by atoms with Gasteiger partial charge >= 0.3 is 6.09 Å². The second-order valence-corrected chi connectivity index (χ2v) is 5.09. The van der Waals surface area contributed by atoms with Crippen LogP contribution >= 0.6 is 0 Å². The molecule has 0 spiro atoms. The maximum atomic E-state index is 12.5. The molecule has 6 nitrogen and oxygen atoms in total. The number of benzene rings is 2. The lowest BCUT2D eigenvalue weighted by Crippen LogP contribution is -2.22. The minimum Gasteiger partial charge on any atom is -0.497 e. The maximum absolute atomic E-state index is 12.5. The first-order valence-corrected chi connectivity index (χ1v) is 7.86. The third-order valence-electron chi connectivity index (χ3n) is 3.40. The SMILES string of the molecule is CCOC(=O)N/N=C(\CC(=O)c1ccc(OC)cc1)c1ccccc1. The summed E-state index contributed by atoms with van der Waals surface area (Å²) in [7, 11) is 1.57. The van der Waals surface area contributed by atoms with Gasteiger partial charge in [0.15, 0.2) is 5.78 Å². The smallest absolute Gasteiger partial charge is 0.427 e. The number of ether oxygens (including phenoxy) is 2. The number of carbonyl (C=O) groups is 2. The van der Waals surface area contributed by atoms with Crippen molar-refractivity contribution in [3.05, 3.63) is 65.7 Å². The van der Waals surface area contributed by atoms with Crippen molar-refractivity contribution in [1.29, 1.82) is 0 Å². The molecule has 0 aliphatic rings. The highest BCUT2D eigenvalue weighted by Gasteiger charge is 2.13. The molecule has 0 fully saturated rings. The van der Waals surface area contributed by atoms with E-state index >= 15 is 0 Å². The first-order chi connectivity index (χ1) is 12.1. The van der Waals surface area contributed by atoms with Crippen LogP contribution in [0.15, 0.2) is 59.7 Å². The van der Waals surface area contributed by atoms with Crippen molar-refractivity contribution in [3.8, 4) is 5.75 Å². The number of nitrogens with one attached hydrogen (secondary N) is 1. The summed E-state index contributed by atoms with van der Waals surface area (Å²) < 4.78 is 9.88. The molecule has 1 amide bonds. The van der Waals surface area contributed by atoms with Gasteiger partial charge in [0, 0.05) is 5.56 Å². The summed E-state index contributed by atoms with van der Waals surface area (Å²) in [6.07, 6.45) is -0.615. The summed E-state index contributed by atoms with van der Waals surface area (Å²) >= 11 is 0. The second-order valence-electron chi connectivity index (χ2n) is 5.09. The van der Waals surface area contributed by atoms with Gasteiger partial charge in [0.2, 0.25) is 0 Å². The number of rotatable bonds is 7. The summed E-state index contributed by atoms with van der Waals surface area (Å²) in [5.74, 6) is 0.563. The molecule has 25 heavy (non-hydrogen) atoms. The Morgan fingerprint density at radius 2 is 1.68 bits per heavy atom. The normalized spacial score (nSPS) is 10.9. The van der Waals surface area contributed by atoms with E-state index in [9.17, 15) is 9.59 Å². The minimum atomic E-state index is -0.659. The molecule has 0 aliphatic heterocycles. The Labute approximate surface area is 146 Å². The van der Waals surface area contributed by atoms with E-state index in [1.54, 1.807) is 38.3 Å². The van der Waals surface area contributed by atoms with Gasteiger partial charge in [0.05, 0.1) is 25.8 Å². The molecule has 1 N–H and O–H groups in total. The molecule has 0 radical (unpaired) electrons. The highest BCUT2D eigenvalue weighted by Crippen LogP contribution is 2.14. The van der Waals surface area contributed by atoms with Crippen LogP contribution in [0.4, 0.5) is 4.79 Å². The highest BCUT2D eigenvalue weighted by molar-refractivity contribution is 6.15. The molecule has 0 saturated carbocycles. The summed E-state index contributed by atoms with van der Waals surface area (Å²) in [6, 6.07) is 16.0. The lowest BCUT2D eigenvalue weighted by Gasteiger charge is -2.08. The molecule has 0 aliphatic carbocycles. The first kappa shape index (κ1) is 18.2. The maximum Gasteiger partial charge on any atom is 0.427 e. The topological polar surface area (TPSA) is 77.0 Å². The number of amides is 1. The Morgan fingerprint density at radius 1 is 1.00 bits per heavy atom. The molecule has 0 saturated heterocycles. The van der Waals surface area contributed by atoms with Crippen LogP contribution in [0.1, 0.15) is 29.3 Å². The quantitative estimate of drug-likeness (QED) is 0.476. The molecule has 2 rings (SSSR count).